The molecule has 0 aliphatic carbocycles. The summed E-state index contributed by atoms with van der Waals surface area (Å²) in [6.07, 6.45) is 2.43. The Kier molecular flexibility index (Phi) is 4.16. The number of aryl methyl sites for hydroxylation is 2. The van der Waals surface area contributed by atoms with Crippen LogP contribution in [0.1, 0.15) is 19.5 Å². The number of aromatic nitrogens is 3. The molecule has 0 atom stereocenters. The highest BCUT2D eigenvalue weighted by Crippen LogP contribution is 2.24. The van der Waals surface area contributed by atoms with Crippen LogP contribution < -0.4 is 10.6 Å². The number of pyridine rings is 1. The van der Waals surface area contributed by atoms with Crippen LogP contribution in [0.25, 0.3) is 0 Å². The summed E-state index contributed by atoms with van der Waals surface area (Å²) in [5.41, 5.74) is 1.46. The lowest BCUT2D eigenvalue weighted by Gasteiger charge is -2.10. The van der Waals surface area contributed by atoms with Crippen molar-refractivity contribution in [1.29, 1.82) is 0 Å². The van der Waals surface area contributed by atoms with Gasteiger partial charge in [-0.1, -0.05) is 6.92 Å². The van der Waals surface area contributed by atoms with Gasteiger partial charge < -0.3 is 10.6 Å². The van der Waals surface area contributed by atoms with Crippen LogP contribution in [0, 0.1) is 11.6 Å². The molecular weight excluding hydrogens is 264 g/mol. The summed E-state index contributed by atoms with van der Waals surface area (Å²) in [6, 6.07) is 0.815. The molecular formula is C13H17F2N5. The standard InChI is InChI=1S/C13H17F2N5/c1-4-10-11(7-20(3)19-10)17-13-9(15)6-8(14)12(18-13)16-5-2/h6-7H,4-5H2,1-3H3,(H2,16,17,18). The summed E-state index contributed by atoms with van der Waals surface area (Å²) in [7, 11) is 1.78. The predicted molar refractivity (Wildman–Crippen MR) is 74.2 cm³/mol. The minimum atomic E-state index is -0.741. The number of anilines is 3. The largest absolute Gasteiger partial charge is 0.368 e. The molecule has 108 valence electrons. The second-order valence-electron chi connectivity index (χ2n) is 4.32. The van der Waals surface area contributed by atoms with Gasteiger partial charge in [0.25, 0.3) is 0 Å². The van der Waals surface area contributed by atoms with E-state index in [0.29, 0.717) is 18.7 Å². The van der Waals surface area contributed by atoms with E-state index in [1.54, 1.807) is 17.9 Å². The third-order valence-corrected chi connectivity index (χ3v) is 2.77. The zero-order valence-electron chi connectivity index (χ0n) is 11.7. The SMILES string of the molecule is CCNc1nc(Nc2cn(C)nc2CC)c(F)cc1F. The topological polar surface area (TPSA) is 54.8 Å². The zero-order valence-corrected chi connectivity index (χ0v) is 11.7. The average molecular weight is 281 g/mol. The molecule has 0 saturated carbocycles. The highest BCUT2D eigenvalue weighted by atomic mass is 19.1. The van der Waals surface area contributed by atoms with Gasteiger partial charge in [0, 0.05) is 25.9 Å². The first kappa shape index (κ1) is 14.2. The zero-order chi connectivity index (χ0) is 14.7. The van der Waals surface area contributed by atoms with Crippen molar-refractivity contribution in [2.75, 3.05) is 17.2 Å². The first-order valence-electron chi connectivity index (χ1n) is 6.44. The predicted octanol–water partition coefficient (Wildman–Crippen LogP) is 2.83. The molecule has 0 fully saturated rings. The fraction of sp³-hybridized carbons (Fsp3) is 0.385. The lowest BCUT2D eigenvalue weighted by atomic mass is 10.3. The Balaban J connectivity index is 2.34. The second-order valence-corrected chi connectivity index (χ2v) is 4.32. The highest BCUT2D eigenvalue weighted by Gasteiger charge is 2.14. The average Bonchev–Trinajstić information content (AvgIpc) is 2.75. The van der Waals surface area contributed by atoms with Crippen LogP contribution in [0.3, 0.4) is 0 Å². The molecule has 2 heterocycles. The fourth-order valence-corrected chi connectivity index (χ4v) is 1.87. The van der Waals surface area contributed by atoms with E-state index in [4.69, 9.17) is 0 Å². The quantitative estimate of drug-likeness (QED) is 0.885. The van der Waals surface area contributed by atoms with E-state index in [1.165, 1.54) is 0 Å². The van der Waals surface area contributed by atoms with Gasteiger partial charge in [-0.05, 0) is 13.3 Å². The molecule has 2 rings (SSSR count). The van der Waals surface area contributed by atoms with Gasteiger partial charge in [0.2, 0.25) is 0 Å². The van der Waals surface area contributed by atoms with Gasteiger partial charge in [-0.2, -0.15) is 5.10 Å². The number of nitrogens with one attached hydrogen (secondary N) is 2. The molecule has 2 aromatic heterocycles. The van der Waals surface area contributed by atoms with E-state index in [9.17, 15) is 8.78 Å². The lowest BCUT2D eigenvalue weighted by molar-refractivity contribution is 0.579. The Hall–Kier alpha value is -2.18. The fourth-order valence-electron chi connectivity index (χ4n) is 1.87. The minimum Gasteiger partial charge on any atom is -0.368 e. The Morgan fingerprint density at radius 1 is 1.20 bits per heavy atom. The van der Waals surface area contributed by atoms with E-state index < -0.39 is 11.6 Å². The molecule has 0 spiro atoms. The molecule has 0 aliphatic rings. The number of hydrogen-bond donors (Lipinski definition) is 2. The molecule has 0 amide bonds. The van der Waals surface area contributed by atoms with Gasteiger partial charge in [-0.3, -0.25) is 4.68 Å². The second kappa shape index (κ2) is 5.85. The molecule has 7 heteroatoms. The summed E-state index contributed by atoms with van der Waals surface area (Å²) in [5, 5.41) is 9.86. The van der Waals surface area contributed by atoms with E-state index in [1.807, 2.05) is 13.8 Å². The Morgan fingerprint density at radius 3 is 2.55 bits per heavy atom. The minimum absolute atomic E-state index is 0.0231. The summed E-state index contributed by atoms with van der Waals surface area (Å²) in [6.45, 7) is 4.27. The van der Waals surface area contributed by atoms with Gasteiger partial charge in [-0.15, -0.1) is 0 Å². The molecule has 0 bridgehead atoms. The molecule has 0 radical (unpaired) electrons. The number of hydrogen-bond acceptors (Lipinski definition) is 4. The van der Waals surface area contributed by atoms with Crippen LogP contribution >= 0.6 is 0 Å². The smallest absolute Gasteiger partial charge is 0.169 e. The van der Waals surface area contributed by atoms with Gasteiger partial charge >= 0.3 is 0 Å². The Bertz CT molecular complexity index is 609. The lowest BCUT2D eigenvalue weighted by Crippen LogP contribution is -2.06. The van der Waals surface area contributed by atoms with Crippen molar-refractivity contribution in [3.05, 3.63) is 29.6 Å². The molecule has 0 aliphatic heterocycles. The summed E-state index contributed by atoms with van der Waals surface area (Å²) < 4.78 is 28.9. The van der Waals surface area contributed by atoms with Gasteiger partial charge in [0.15, 0.2) is 23.3 Å². The van der Waals surface area contributed by atoms with Crippen molar-refractivity contribution in [2.24, 2.45) is 7.05 Å². The van der Waals surface area contributed by atoms with Crippen LogP contribution in [-0.2, 0) is 13.5 Å². The van der Waals surface area contributed by atoms with Gasteiger partial charge in [0.05, 0.1) is 11.4 Å². The number of rotatable bonds is 5. The molecule has 2 aromatic rings. The Labute approximate surface area is 116 Å². The maximum atomic E-state index is 13.8. The molecule has 20 heavy (non-hydrogen) atoms. The Morgan fingerprint density at radius 2 is 1.90 bits per heavy atom. The van der Waals surface area contributed by atoms with Gasteiger partial charge in [-0.25, -0.2) is 13.8 Å². The van der Waals surface area contributed by atoms with Crippen molar-refractivity contribution in [2.45, 2.75) is 20.3 Å². The van der Waals surface area contributed by atoms with Crippen molar-refractivity contribution >= 4 is 17.3 Å². The third-order valence-electron chi connectivity index (χ3n) is 2.77. The van der Waals surface area contributed by atoms with Crippen LogP contribution in [0.15, 0.2) is 12.3 Å². The molecule has 5 nitrogen and oxygen atoms in total. The van der Waals surface area contributed by atoms with E-state index >= 15 is 0 Å². The van der Waals surface area contributed by atoms with Crippen LogP contribution in [0.5, 0.6) is 0 Å². The van der Waals surface area contributed by atoms with E-state index in [0.717, 1.165) is 11.8 Å². The third kappa shape index (κ3) is 2.87. The normalized spacial score (nSPS) is 10.7. The van der Waals surface area contributed by atoms with E-state index in [2.05, 4.69) is 20.7 Å². The first-order chi connectivity index (χ1) is 9.55. The molecule has 0 saturated heterocycles. The van der Waals surface area contributed by atoms with Crippen molar-refractivity contribution in [1.82, 2.24) is 14.8 Å². The van der Waals surface area contributed by atoms with Crippen molar-refractivity contribution in [3.63, 3.8) is 0 Å². The summed E-state index contributed by atoms with van der Waals surface area (Å²) in [5.74, 6) is -1.45. The number of halogens is 2. The number of nitrogens with zero attached hydrogens (tertiary/aromatic N) is 3. The molecule has 0 unspecified atom stereocenters. The highest BCUT2D eigenvalue weighted by molar-refractivity contribution is 5.60. The summed E-state index contributed by atoms with van der Waals surface area (Å²) >= 11 is 0. The molecule has 2 N–H and O–H groups in total. The van der Waals surface area contributed by atoms with Crippen molar-refractivity contribution in [3.8, 4) is 0 Å². The maximum absolute atomic E-state index is 13.8. The summed E-state index contributed by atoms with van der Waals surface area (Å²) in [4.78, 5) is 3.93. The first-order valence-corrected chi connectivity index (χ1v) is 6.44. The van der Waals surface area contributed by atoms with Crippen LogP contribution in [0.4, 0.5) is 26.1 Å². The van der Waals surface area contributed by atoms with Crippen LogP contribution in [-0.4, -0.2) is 21.3 Å². The monoisotopic (exact) mass is 281 g/mol. The van der Waals surface area contributed by atoms with Crippen molar-refractivity contribution < 1.29 is 8.78 Å². The maximum Gasteiger partial charge on any atom is 0.169 e. The van der Waals surface area contributed by atoms with Gasteiger partial charge in [0.1, 0.15) is 0 Å². The van der Waals surface area contributed by atoms with E-state index in [-0.39, 0.29) is 11.6 Å². The van der Waals surface area contributed by atoms with Crippen LogP contribution in [0.2, 0.25) is 0 Å². The molecule has 0 aromatic carbocycles.